The molecule has 8 heteroatoms. The minimum atomic E-state index is -0.359. The summed E-state index contributed by atoms with van der Waals surface area (Å²) in [5, 5.41) is 13.7. The van der Waals surface area contributed by atoms with Crippen molar-refractivity contribution in [3.63, 3.8) is 0 Å². The fourth-order valence-corrected chi connectivity index (χ4v) is 2.54. The van der Waals surface area contributed by atoms with Crippen LogP contribution in [0.3, 0.4) is 0 Å². The van der Waals surface area contributed by atoms with Crippen molar-refractivity contribution in [2.45, 2.75) is 6.42 Å². The maximum Gasteiger partial charge on any atom is 0.263 e. The highest BCUT2D eigenvalue weighted by molar-refractivity contribution is 5.90. The number of amides is 1. The van der Waals surface area contributed by atoms with Gasteiger partial charge in [0.2, 0.25) is 0 Å². The van der Waals surface area contributed by atoms with E-state index in [9.17, 15) is 9.18 Å². The largest absolute Gasteiger partial charge is 0.493 e. The van der Waals surface area contributed by atoms with E-state index in [0.717, 1.165) is 12.0 Å². The number of hydrogen-bond donors (Lipinski definition) is 2. The SMILES string of the molecule is COc1ccccc1OCC(=O)Nc1ccc(NCCc2ccc(F)cc2)nn1. The molecule has 0 saturated heterocycles. The Morgan fingerprint density at radius 1 is 0.966 bits per heavy atom. The Balaban J connectivity index is 1.43. The zero-order valence-corrected chi connectivity index (χ0v) is 15.9. The fraction of sp³-hybridized carbons (Fsp3) is 0.190. The number of para-hydroxylation sites is 2. The van der Waals surface area contributed by atoms with E-state index in [4.69, 9.17) is 9.47 Å². The van der Waals surface area contributed by atoms with Gasteiger partial charge in [-0.2, -0.15) is 0 Å². The number of hydrogen-bond acceptors (Lipinski definition) is 6. The summed E-state index contributed by atoms with van der Waals surface area (Å²) in [5.41, 5.74) is 1.02. The molecule has 0 fully saturated rings. The maximum atomic E-state index is 12.9. The van der Waals surface area contributed by atoms with Gasteiger partial charge in [0.15, 0.2) is 23.9 Å². The van der Waals surface area contributed by atoms with Crippen LogP contribution >= 0.6 is 0 Å². The van der Waals surface area contributed by atoms with E-state index in [2.05, 4.69) is 20.8 Å². The molecule has 0 bridgehead atoms. The van der Waals surface area contributed by atoms with Crippen molar-refractivity contribution in [3.05, 3.63) is 72.0 Å². The Morgan fingerprint density at radius 3 is 2.34 bits per heavy atom. The van der Waals surface area contributed by atoms with Crippen LogP contribution in [0.4, 0.5) is 16.0 Å². The molecule has 0 spiro atoms. The van der Waals surface area contributed by atoms with Gasteiger partial charge in [0.1, 0.15) is 11.6 Å². The first-order valence-corrected chi connectivity index (χ1v) is 9.02. The van der Waals surface area contributed by atoms with Crippen molar-refractivity contribution in [2.24, 2.45) is 0 Å². The van der Waals surface area contributed by atoms with Crippen molar-refractivity contribution < 1.29 is 18.7 Å². The molecule has 0 radical (unpaired) electrons. The van der Waals surface area contributed by atoms with Crippen LogP contribution in [-0.4, -0.2) is 36.4 Å². The molecule has 2 N–H and O–H groups in total. The summed E-state index contributed by atoms with van der Waals surface area (Å²) in [6.07, 6.45) is 0.723. The lowest BCUT2D eigenvalue weighted by atomic mass is 10.1. The Labute approximate surface area is 167 Å². The normalized spacial score (nSPS) is 10.3. The summed E-state index contributed by atoms with van der Waals surface area (Å²) < 4.78 is 23.5. The van der Waals surface area contributed by atoms with Gasteiger partial charge in [-0.1, -0.05) is 24.3 Å². The van der Waals surface area contributed by atoms with Crippen LogP contribution in [0.25, 0.3) is 0 Å². The molecular formula is C21H21FN4O3. The predicted octanol–water partition coefficient (Wildman–Crippen LogP) is 3.30. The zero-order chi connectivity index (χ0) is 20.5. The van der Waals surface area contributed by atoms with Crippen LogP contribution in [0.2, 0.25) is 0 Å². The standard InChI is InChI=1S/C21H21FN4O3/c1-28-17-4-2-3-5-18(17)29-14-21(27)24-20-11-10-19(25-26-20)23-13-12-15-6-8-16(22)9-7-15/h2-11H,12-14H2,1H3,(H,23,25)(H,24,26,27). The minimum absolute atomic E-state index is 0.181. The minimum Gasteiger partial charge on any atom is -0.493 e. The Kier molecular flexibility index (Phi) is 6.94. The van der Waals surface area contributed by atoms with E-state index >= 15 is 0 Å². The number of halogens is 1. The second-order valence-electron chi connectivity index (χ2n) is 6.09. The summed E-state index contributed by atoms with van der Waals surface area (Å²) in [6.45, 7) is 0.443. The third-order valence-electron chi connectivity index (χ3n) is 3.99. The molecule has 1 heterocycles. The number of carbonyl (C=O) groups is 1. The van der Waals surface area contributed by atoms with Crippen LogP contribution in [0.15, 0.2) is 60.7 Å². The molecule has 3 rings (SSSR count). The van der Waals surface area contributed by atoms with Gasteiger partial charge < -0.3 is 20.1 Å². The summed E-state index contributed by atoms with van der Waals surface area (Å²) in [5.74, 6) is 1.33. The average molecular weight is 396 g/mol. The van der Waals surface area contributed by atoms with Crippen molar-refractivity contribution in [1.29, 1.82) is 0 Å². The van der Waals surface area contributed by atoms with Gasteiger partial charge in [-0.25, -0.2) is 4.39 Å². The van der Waals surface area contributed by atoms with Gasteiger partial charge in [0.25, 0.3) is 5.91 Å². The van der Waals surface area contributed by atoms with Gasteiger partial charge in [0, 0.05) is 6.54 Å². The molecule has 0 atom stereocenters. The molecule has 0 aliphatic rings. The van der Waals surface area contributed by atoms with E-state index in [1.54, 1.807) is 42.5 Å². The lowest BCUT2D eigenvalue weighted by molar-refractivity contribution is -0.118. The maximum absolute atomic E-state index is 12.9. The Bertz CT molecular complexity index is 933. The first-order valence-electron chi connectivity index (χ1n) is 9.02. The molecule has 0 aliphatic heterocycles. The summed E-state index contributed by atoms with van der Waals surface area (Å²) >= 11 is 0. The molecule has 0 aliphatic carbocycles. The molecule has 0 saturated carbocycles. The number of methoxy groups -OCH3 is 1. The van der Waals surface area contributed by atoms with Crippen molar-refractivity contribution in [3.8, 4) is 11.5 Å². The van der Waals surface area contributed by atoms with Crippen LogP contribution in [0.5, 0.6) is 11.5 Å². The first kappa shape index (κ1) is 20.1. The molecular weight excluding hydrogens is 375 g/mol. The lowest BCUT2D eigenvalue weighted by Crippen LogP contribution is -2.21. The second-order valence-corrected chi connectivity index (χ2v) is 6.09. The zero-order valence-electron chi connectivity index (χ0n) is 15.9. The number of nitrogens with zero attached hydrogens (tertiary/aromatic N) is 2. The molecule has 3 aromatic rings. The number of aromatic nitrogens is 2. The predicted molar refractivity (Wildman–Crippen MR) is 108 cm³/mol. The van der Waals surface area contributed by atoms with Crippen LogP contribution in [0.1, 0.15) is 5.56 Å². The molecule has 29 heavy (non-hydrogen) atoms. The van der Waals surface area contributed by atoms with Crippen LogP contribution < -0.4 is 20.1 Å². The van der Waals surface area contributed by atoms with Gasteiger partial charge in [-0.3, -0.25) is 4.79 Å². The third-order valence-corrected chi connectivity index (χ3v) is 3.99. The number of carbonyl (C=O) groups excluding carboxylic acids is 1. The van der Waals surface area contributed by atoms with E-state index < -0.39 is 0 Å². The van der Waals surface area contributed by atoms with E-state index in [1.807, 2.05) is 6.07 Å². The summed E-state index contributed by atoms with van der Waals surface area (Å²) in [6, 6.07) is 16.8. The third kappa shape index (κ3) is 6.17. The number of nitrogens with one attached hydrogen (secondary N) is 2. The Morgan fingerprint density at radius 2 is 1.66 bits per heavy atom. The van der Waals surface area contributed by atoms with Gasteiger partial charge in [-0.15, -0.1) is 10.2 Å². The quantitative estimate of drug-likeness (QED) is 0.577. The lowest BCUT2D eigenvalue weighted by Gasteiger charge is -2.10. The molecule has 7 nitrogen and oxygen atoms in total. The fourth-order valence-electron chi connectivity index (χ4n) is 2.54. The molecule has 2 aromatic carbocycles. The summed E-state index contributed by atoms with van der Waals surface area (Å²) in [7, 11) is 1.53. The highest BCUT2D eigenvalue weighted by Gasteiger charge is 2.08. The van der Waals surface area contributed by atoms with Crippen molar-refractivity contribution >= 4 is 17.5 Å². The highest BCUT2D eigenvalue weighted by atomic mass is 19.1. The number of ether oxygens (including phenoxy) is 2. The molecule has 0 unspecified atom stereocenters. The summed E-state index contributed by atoms with van der Waals surface area (Å²) in [4.78, 5) is 12.0. The van der Waals surface area contributed by atoms with E-state index in [1.165, 1.54) is 19.2 Å². The van der Waals surface area contributed by atoms with Gasteiger partial charge in [0.05, 0.1) is 7.11 Å². The monoisotopic (exact) mass is 396 g/mol. The van der Waals surface area contributed by atoms with Crippen LogP contribution in [-0.2, 0) is 11.2 Å². The van der Waals surface area contributed by atoms with Gasteiger partial charge >= 0.3 is 0 Å². The van der Waals surface area contributed by atoms with Gasteiger partial charge in [-0.05, 0) is 48.4 Å². The number of benzene rings is 2. The average Bonchev–Trinajstić information content (AvgIpc) is 2.75. The smallest absolute Gasteiger partial charge is 0.263 e. The number of anilines is 2. The topological polar surface area (TPSA) is 85.4 Å². The number of rotatable bonds is 9. The second kappa shape index (κ2) is 10.0. The van der Waals surface area contributed by atoms with E-state index in [-0.39, 0.29) is 18.3 Å². The van der Waals surface area contributed by atoms with Crippen molar-refractivity contribution in [1.82, 2.24) is 10.2 Å². The van der Waals surface area contributed by atoms with Crippen molar-refractivity contribution in [2.75, 3.05) is 30.9 Å². The highest BCUT2D eigenvalue weighted by Crippen LogP contribution is 2.25. The molecule has 1 amide bonds. The molecule has 1 aromatic heterocycles. The first-order chi connectivity index (χ1) is 14.1. The Hall–Kier alpha value is -3.68. The van der Waals surface area contributed by atoms with Crippen LogP contribution in [0, 0.1) is 5.82 Å². The van der Waals surface area contributed by atoms with E-state index in [0.29, 0.717) is 29.7 Å². The molecule has 150 valence electrons.